The lowest BCUT2D eigenvalue weighted by Crippen LogP contribution is -2.44. The van der Waals surface area contributed by atoms with Crippen LogP contribution in [0.4, 0.5) is 4.39 Å². The van der Waals surface area contributed by atoms with Crippen LogP contribution >= 0.6 is 0 Å². The van der Waals surface area contributed by atoms with E-state index in [0.717, 1.165) is 5.56 Å². The van der Waals surface area contributed by atoms with Gasteiger partial charge in [0.25, 0.3) is 5.91 Å². The zero-order valence-corrected chi connectivity index (χ0v) is 13.6. The van der Waals surface area contributed by atoms with Crippen molar-refractivity contribution in [3.8, 4) is 0 Å². The first-order valence-corrected chi connectivity index (χ1v) is 7.87. The van der Waals surface area contributed by atoms with Crippen molar-refractivity contribution in [1.82, 2.24) is 4.90 Å². The van der Waals surface area contributed by atoms with Gasteiger partial charge in [0.2, 0.25) is 0 Å². The summed E-state index contributed by atoms with van der Waals surface area (Å²) in [6, 6.07) is 2.46. The van der Waals surface area contributed by atoms with Crippen LogP contribution in [0.1, 0.15) is 61.5 Å². The second-order valence-electron chi connectivity index (χ2n) is 7.41. The Bertz CT molecular complexity index is 718. The Balaban J connectivity index is 1.93. The number of Topliss-reactive ketones (excluding diaryl/α,β-unsaturated/α-hetero) is 2. The molecule has 0 spiro atoms. The molecular weight excluding hydrogens is 297 g/mol. The highest BCUT2D eigenvalue weighted by atomic mass is 19.1. The van der Waals surface area contributed by atoms with E-state index in [1.807, 2.05) is 20.8 Å². The van der Waals surface area contributed by atoms with E-state index < -0.39 is 11.9 Å². The molecule has 5 heteroatoms. The summed E-state index contributed by atoms with van der Waals surface area (Å²) < 4.78 is 14.3. The minimum absolute atomic E-state index is 0.0727. The lowest BCUT2D eigenvalue weighted by molar-refractivity contribution is -0.133. The minimum Gasteiger partial charge on any atom is -0.324 e. The average Bonchev–Trinajstić information content (AvgIpc) is 2.74. The quantitative estimate of drug-likeness (QED) is 0.748. The van der Waals surface area contributed by atoms with Crippen LogP contribution in [0.2, 0.25) is 0 Å². The summed E-state index contributed by atoms with van der Waals surface area (Å²) in [7, 11) is 0. The Morgan fingerprint density at radius 2 is 1.87 bits per heavy atom. The van der Waals surface area contributed by atoms with Gasteiger partial charge in [0.05, 0.1) is 12.5 Å². The van der Waals surface area contributed by atoms with Crippen molar-refractivity contribution >= 4 is 17.5 Å². The normalized spacial score (nSPS) is 21.8. The number of rotatable bonds is 1. The number of nitrogens with zero attached hydrogens (tertiary/aromatic N) is 1. The van der Waals surface area contributed by atoms with Gasteiger partial charge in [0, 0.05) is 18.5 Å². The molecule has 4 nitrogen and oxygen atoms in total. The first kappa shape index (κ1) is 15.8. The molecule has 1 aromatic rings. The second-order valence-corrected chi connectivity index (χ2v) is 7.41. The molecule has 1 aromatic carbocycles. The summed E-state index contributed by atoms with van der Waals surface area (Å²) in [6.07, 6.45) is 0.580. The van der Waals surface area contributed by atoms with E-state index in [0.29, 0.717) is 30.5 Å². The maximum absolute atomic E-state index is 14.3. The Kier molecular flexibility index (Phi) is 3.62. The van der Waals surface area contributed by atoms with E-state index in [1.54, 1.807) is 6.07 Å². The number of hydrogen-bond acceptors (Lipinski definition) is 3. The van der Waals surface area contributed by atoms with Gasteiger partial charge in [-0.15, -0.1) is 0 Å². The fourth-order valence-electron chi connectivity index (χ4n) is 3.37. The van der Waals surface area contributed by atoms with Gasteiger partial charge >= 0.3 is 0 Å². The molecule has 1 saturated carbocycles. The van der Waals surface area contributed by atoms with E-state index in [1.165, 1.54) is 11.0 Å². The second kappa shape index (κ2) is 5.25. The number of ketones is 2. The summed E-state index contributed by atoms with van der Waals surface area (Å²) in [5, 5.41) is 0. The maximum Gasteiger partial charge on any atom is 0.255 e. The highest BCUT2D eigenvalue weighted by molar-refractivity contribution is 6.07. The predicted molar refractivity (Wildman–Crippen MR) is 82.6 cm³/mol. The monoisotopic (exact) mass is 317 g/mol. The summed E-state index contributed by atoms with van der Waals surface area (Å²) in [5.41, 5.74) is 1.30. The molecular formula is C18H20FNO3. The Hall–Kier alpha value is -2.04. The Morgan fingerprint density at radius 3 is 2.48 bits per heavy atom. The molecule has 1 fully saturated rings. The van der Waals surface area contributed by atoms with Crippen LogP contribution in [0, 0.1) is 5.82 Å². The molecule has 1 amide bonds. The van der Waals surface area contributed by atoms with Crippen LogP contribution in [0.5, 0.6) is 0 Å². The number of halogens is 1. The number of carbonyl (C=O) groups is 3. The molecule has 23 heavy (non-hydrogen) atoms. The molecule has 0 saturated heterocycles. The van der Waals surface area contributed by atoms with Gasteiger partial charge < -0.3 is 4.90 Å². The van der Waals surface area contributed by atoms with Gasteiger partial charge in [-0.1, -0.05) is 20.8 Å². The third-order valence-electron chi connectivity index (χ3n) is 4.65. The smallest absolute Gasteiger partial charge is 0.255 e. The van der Waals surface area contributed by atoms with E-state index in [-0.39, 0.29) is 29.3 Å². The average molecular weight is 317 g/mol. The fourth-order valence-corrected chi connectivity index (χ4v) is 3.37. The summed E-state index contributed by atoms with van der Waals surface area (Å²) in [5.74, 6) is -0.987. The Morgan fingerprint density at radius 1 is 1.17 bits per heavy atom. The topological polar surface area (TPSA) is 54.5 Å². The molecule has 1 unspecified atom stereocenters. The number of hydrogen-bond donors (Lipinski definition) is 0. The molecule has 0 bridgehead atoms. The SMILES string of the molecule is CC(C)(C)c1cc2c(cc1F)C(=O)N(C1CCC(=O)CC1=O)C2. The van der Waals surface area contributed by atoms with Crippen molar-refractivity contribution in [2.75, 3.05) is 0 Å². The van der Waals surface area contributed by atoms with Gasteiger partial charge in [-0.3, -0.25) is 14.4 Å². The Labute approximate surface area is 134 Å². The molecule has 1 aliphatic carbocycles. The summed E-state index contributed by atoms with van der Waals surface area (Å²) in [6.45, 7) is 6.07. The fraction of sp³-hybridized carbons (Fsp3) is 0.500. The third kappa shape index (κ3) is 2.69. The van der Waals surface area contributed by atoms with Crippen molar-refractivity contribution < 1.29 is 18.8 Å². The highest BCUT2D eigenvalue weighted by Gasteiger charge is 2.39. The molecule has 1 aliphatic heterocycles. The third-order valence-corrected chi connectivity index (χ3v) is 4.65. The first-order valence-electron chi connectivity index (χ1n) is 7.87. The number of amides is 1. The molecule has 3 rings (SSSR count). The van der Waals surface area contributed by atoms with Crippen LogP contribution < -0.4 is 0 Å². The molecule has 122 valence electrons. The molecule has 0 radical (unpaired) electrons. The molecule has 1 atom stereocenters. The zero-order valence-electron chi connectivity index (χ0n) is 13.6. The molecule has 0 aromatic heterocycles. The van der Waals surface area contributed by atoms with Crippen molar-refractivity contribution in [2.45, 2.75) is 58.0 Å². The zero-order chi connectivity index (χ0) is 16.9. The van der Waals surface area contributed by atoms with Crippen LogP contribution in [0.25, 0.3) is 0 Å². The van der Waals surface area contributed by atoms with E-state index in [4.69, 9.17) is 0 Å². The van der Waals surface area contributed by atoms with Gasteiger partial charge in [0.15, 0.2) is 5.78 Å². The van der Waals surface area contributed by atoms with E-state index in [9.17, 15) is 18.8 Å². The van der Waals surface area contributed by atoms with Gasteiger partial charge in [-0.2, -0.15) is 0 Å². The van der Waals surface area contributed by atoms with Crippen molar-refractivity contribution in [3.63, 3.8) is 0 Å². The van der Waals surface area contributed by atoms with E-state index in [2.05, 4.69) is 0 Å². The number of fused-ring (bicyclic) bond motifs is 1. The summed E-state index contributed by atoms with van der Waals surface area (Å²) in [4.78, 5) is 37.5. The van der Waals surface area contributed by atoms with Gasteiger partial charge in [0.1, 0.15) is 11.6 Å². The van der Waals surface area contributed by atoms with Gasteiger partial charge in [-0.05, 0) is 35.1 Å². The molecule has 0 N–H and O–H groups in total. The summed E-state index contributed by atoms with van der Waals surface area (Å²) >= 11 is 0. The number of carbonyl (C=O) groups excluding carboxylic acids is 3. The van der Waals surface area contributed by atoms with E-state index >= 15 is 0 Å². The standard InChI is InChI=1S/C18H20FNO3/c1-18(2,3)13-6-10-9-20(17(23)12(10)8-14(13)19)15-5-4-11(21)7-16(15)22/h6,8,15H,4-5,7,9H2,1-3H3. The van der Waals surface area contributed by atoms with Crippen molar-refractivity contribution in [3.05, 3.63) is 34.6 Å². The van der Waals surface area contributed by atoms with Crippen LogP contribution in [0.3, 0.4) is 0 Å². The van der Waals surface area contributed by atoms with Crippen molar-refractivity contribution in [1.29, 1.82) is 0 Å². The molecule has 1 heterocycles. The number of benzene rings is 1. The van der Waals surface area contributed by atoms with Crippen LogP contribution in [0.15, 0.2) is 12.1 Å². The van der Waals surface area contributed by atoms with Crippen LogP contribution in [-0.4, -0.2) is 28.4 Å². The minimum atomic E-state index is -0.561. The van der Waals surface area contributed by atoms with Gasteiger partial charge in [-0.25, -0.2) is 4.39 Å². The highest BCUT2D eigenvalue weighted by Crippen LogP contribution is 2.34. The first-order chi connectivity index (χ1) is 10.7. The largest absolute Gasteiger partial charge is 0.324 e. The lowest BCUT2D eigenvalue weighted by Gasteiger charge is -2.29. The lowest BCUT2D eigenvalue weighted by atomic mass is 9.85. The van der Waals surface area contributed by atoms with Crippen molar-refractivity contribution in [2.24, 2.45) is 0 Å². The molecule has 2 aliphatic rings. The maximum atomic E-state index is 14.3. The predicted octanol–water partition coefficient (Wildman–Crippen LogP) is 2.77. The van der Waals surface area contributed by atoms with Crippen LogP contribution in [-0.2, 0) is 21.5 Å².